The molecule has 3 aliphatic rings. The Labute approximate surface area is 221 Å². The van der Waals surface area contributed by atoms with Gasteiger partial charge in [0.2, 0.25) is 16.0 Å². The number of aliphatic hydroxyl groups excluding tert-OH is 1. The van der Waals surface area contributed by atoms with E-state index in [1.807, 2.05) is 6.20 Å². The number of sulfonamides is 1. The number of fused-ring (bicyclic) bond motifs is 1. The van der Waals surface area contributed by atoms with Crippen LogP contribution >= 0.6 is 0 Å². The molecule has 9 nitrogen and oxygen atoms in total. The first-order valence-electron chi connectivity index (χ1n) is 14.3. The van der Waals surface area contributed by atoms with Crippen LogP contribution in [0.4, 0.5) is 5.95 Å². The quantitative estimate of drug-likeness (QED) is 0.523. The molecule has 3 fully saturated rings. The Morgan fingerprint density at radius 3 is 2.49 bits per heavy atom. The van der Waals surface area contributed by atoms with Crippen molar-refractivity contribution in [2.45, 2.75) is 107 Å². The second-order valence-corrected chi connectivity index (χ2v) is 13.5. The van der Waals surface area contributed by atoms with Crippen molar-refractivity contribution in [3.63, 3.8) is 0 Å². The van der Waals surface area contributed by atoms with E-state index in [1.54, 1.807) is 4.31 Å². The van der Waals surface area contributed by atoms with Crippen LogP contribution in [0.25, 0.3) is 11.0 Å². The Kier molecular flexibility index (Phi) is 8.38. The van der Waals surface area contributed by atoms with E-state index in [1.165, 1.54) is 5.56 Å². The van der Waals surface area contributed by atoms with Gasteiger partial charge in [-0.15, -0.1) is 0 Å². The van der Waals surface area contributed by atoms with Crippen LogP contribution in [0.15, 0.2) is 12.4 Å². The Balaban J connectivity index is 1.38. The maximum absolute atomic E-state index is 13.2. The molecule has 10 heteroatoms. The molecule has 0 amide bonds. The van der Waals surface area contributed by atoms with Crippen molar-refractivity contribution < 1.29 is 18.3 Å². The van der Waals surface area contributed by atoms with Gasteiger partial charge in [0.05, 0.1) is 11.4 Å². The fourth-order valence-electron chi connectivity index (χ4n) is 6.39. The average molecular weight is 534 g/mol. The van der Waals surface area contributed by atoms with Gasteiger partial charge in [-0.2, -0.15) is 4.98 Å². The van der Waals surface area contributed by atoms with E-state index in [-0.39, 0.29) is 17.3 Å². The van der Waals surface area contributed by atoms with Crippen LogP contribution < -0.4 is 5.32 Å². The van der Waals surface area contributed by atoms with Crippen LogP contribution in [-0.2, 0) is 14.8 Å². The molecule has 4 heterocycles. The van der Waals surface area contributed by atoms with Crippen molar-refractivity contribution in [3.05, 3.63) is 18.0 Å². The van der Waals surface area contributed by atoms with Crippen molar-refractivity contribution in [1.82, 2.24) is 18.8 Å². The average Bonchev–Trinajstić information content (AvgIpc) is 3.28. The molecule has 2 aliphatic heterocycles. The van der Waals surface area contributed by atoms with Crippen molar-refractivity contribution in [1.29, 1.82) is 0 Å². The van der Waals surface area contributed by atoms with Crippen LogP contribution in [0.1, 0.15) is 95.6 Å². The Morgan fingerprint density at radius 1 is 1.11 bits per heavy atom. The van der Waals surface area contributed by atoms with Gasteiger partial charge in [-0.05, 0) is 76.2 Å². The molecule has 37 heavy (non-hydrogen) atoms. The van der Waals surface area contributed by atoms with Crippen molar-refractivity contribution in [2.24, 2.45) is 0 Å². The van der Waals surface area contributed by atoms with Crippen LogP contribution in [0, 0.1) is 0 Å². The van der Waals surface area contributed by atoms with E-state index >= 15 is 0 Å². The molecule has 0 unspecified atom stereocenters. The summed E-state index contributed by atoms with van der Waals surface area (Å²) >= 11 is 0. The molecule has 0 spiro atoms. The summed E-state index contributed by atoms with van der Waals surface area (Å²) < 4.78 is 35.9. The third kappa shape index (κ3) is 5.82. The zero-order valence-corrected chi connectivity index (χ0v) is 23.1. The molecule has 2 saturated heterocycles. The maximum Gasteiger partial charge on any atom is 0.224 e. The van der Waals surface area contributed by atoms with E-state index in [9.17, 15) is 13.5 Å². The number of nitrogens with one attached hydrogen (secondary N) is 1. The summed E-state index contributed by atoms with van der Waals surface area (Å²) in [6.07, 6.45) is 12.5. The smallest absolute Gasteiger partial charge is 0.224 e. The normalized spacial score (nSPS) is 25.9. The Bertz CT molecular complexity index is 1150. The lowest BCUT2D eigenvalue weighted by Gasteiger charge is -2.34. The molecule has 1 saturated carbocycles. The standard InChI is InChI=1S/C27H43N5O4S/c1-3-4-19(2)29-27-28-17-24-25(18-32(26(24)30-27)21-5-7-22(33)8-6-21)20-9-13-31(14-10-20)37(34,35)23-11-15-36-16-12-23/h17-23,33H,3-16H2,1-2H3,(H,28,29,30)/t19-,21?,22?/m0/s1. The number of aromatic nitrogens is 3. The molecule has 206 valence electrons. The van der Waals surface area contributed by atoms with Crippen LogP contribution in [0.5, 0.6) is 0 Å². The molecule has 1 atom stereocenters. The highest BCUT2D eigenvalue weighted by atomic mass is 32.2. The molecular weight excluding hydrogens is 490 g/mol. The second-order valence-electron chi connectivity index (χ2n) is 11.2. The Hall–Kier alpha value is -1.75. The van der Waals surface area contributed by atoms with Gasteiger partial charge in [0.1, 0.15) is 5.65 Å². The number of ether oxygens (including phenoxy) is 1. The second kappa shape index (κ2) is 11.6. The van der Waals surface area contributed by atoms with E-state index in [2.05, 4.69) is 34.9 Å². The minimum Gasteiger partial charge on any atom is -0.393 e. The molecular formula is C27H43N5O4S. The van der Waals surface area contributed by atoms with Crippen LogP contribution in [0.3, 0.4) is 0 Å². The lowest BCUT2D eigenvalue weighted by molar-refractivity contribution is 0.0969. The molecule has 5 rings (SSSR count). The molecule has 0 radical (unpaired) electrons. The van der Waals surface area contributed by atoms with Crippen molar-refractivity contribution >= 4 is 27.0 Å². The number of rotatable bonds is 8. The summed E-state index contributed by atoms with van der Waals surface area (Å²) in [4.78, 5) is 9.66. The maximum atomic E-state index is 13.2. The summed E-state index contributed by atoms with van der Waals surface area (Å²) in [7, 11) is -3.28. The highest BCUT2D eigenvalue weighted by molar-refractivity contribution is 7.89. The van der Waals surface area contributed by atoms with Gasteiger partial charge < -0.3 is 19.7 Å². The lowest BCUT2D eigenvalue weighted by atomic mass is 9.90. The fourth-order valence-corrected chi connectivity index (χ4v) is 8.32. The van der Waals surface area contributed by atoms with Gasteiger partial charge in [0.25, 0.3) is 0 Å². The number of anilines is 1. The highest BCUT2D eigenvalue weighted by Crippen LogP contribution is 2.39. The van der Waals surface area contributed by atoms with Gasteiger partial charge in [0, 0.05) is 56.2 Å². The first-order valence-corrected chi connectivity index (χ1v) is 15.8. The summed E-state index contributed by atoms with van der Waals surface area (Å²) in [6.45, 7) is 6.52. The van der Waals surface area contributed by atoms with Gasteiger partial charge >= 0.3 is 0 Å². The zero-order chi connectivity index (χ0) is 26.0. The largest absolute Gasteiger partial charge is 0.393 e. The topological polar surface area (TPSA) is 110 Å². The van der Waals surface area contributed by atoms with Crippen molar-refractivity contribution in [3.8, 4) is 0 Å². The fraction of sp³-hybridized carbons (Fsp3) is 0.778. The molecule has 2 aromatic rings. The van der Waals surface area contributed by atoms with E-state index in [0.29, 0.717) is 57.2 Å². The minimum atomic E-state index is -3.28. The number of hydrogen-bond donors (Lipinski definition) is 2. The van der Waals surface area contributed by atoms with Crippen LogP contribution in [0.2, 0.25) is 0 Å². The third-order valence-electron chi connectivity index (χ3n) is 8.60. The molecule has 2 aromatic heterocycles. The summed E-state index contributed by atoms with van der Waals surface area (Å²) in [5, 5.41) is 14.3. The first kappa shape index (κ1) is 26.8. The van der Waals surface area contributed by atoms with Gasteiger partial charge in [-0.3, -0.25) is 0 Å². The number of aliphatic hydroxyl groups is 1. The SMILES string of the molecule is CCC[C@H](C)Nc1ncc2c(C3CCN(S(=O)(=O)C4CCOCC4)CC3)cn(C3CCC(O)CC3)c2n1. The molecule has 2 N–H and O–H groups in total. The predicted molar refractivity (Wildman–Crippen MR) is 145 cm³/mol. The molecule has 1 aliphatic carbocycles. The number of nitrogens with zero attached hydrogens (tertiary/aromatic N) is 4. The lowest BCUT2D eigenvalue weighted by Crippen LogP contribution is -2.44. The Morgan fingerprint density at radius 2 is 1.81 bits per heavy atom. The summed E-state index contributed by atoms with van der Waals surface area (Å²) in [5.74, 6) is 0.938. The summed E-state index contributed by atoms with van der Waals surface area (Å²) in [6, 6.07) is 0.613. The first-order chi connectivity index (χ1) is 17.9. The number of piperidine rings is 1. The van der Waals surface area contributed by atoms with E-state index in [0.717, 1.165) is 62.4 Å². The zero-order valence-electron chi connectivity index (χ0n) is 22.3. The van der Waals surface area contributed by atoms with E-state index < -0.39 is 10.0 Å². The van der Waals surface area contributed by atoms with Gasteiger partial charge in [-0.1, -0.05) is 13.3 Å². The van der Waals surface area contributed by atoms with Gasteiger partial charge in [-0.25, -0.2) is 17.7 Å². The molecule has 0 aromatic carbocycles. The minimum absolute atomic E-state index is 0.207. The summed E-state index contributed by atoms with van der Waals surface area (Å²) in [5.41, 5.74) is 2.19. The molecule has 0 bridgehead atoms. The number of hydrogen-bond acceptors (Lipinski definition) is 7. The van der Waals surface area contributed by atoms with E-state index in [4.69, 9.17) is 9.72 Å². The van der Waals surface area contributed by atoms with Crippen LogP contribution in [-0.4, -0.2) is 76.1 Å². The van der Waals surface area contributed by atoms with Gasteiger partial charge in [0.15, 0.2) is 0 Å². The monoisotopic (exact) mass is 533 g/mol. The third-order valence-corrected chi connectivity index (χ3v) is 11.0. The highest BCUT2D eigenvalue weighted by Gasteiger charge is 2.36. The predicted octanol–water partition coefficient (Wildman–Crippen LogP) is 4.20. The van der Waals surface area contributed by atoms with Crippen molar-refractivity contribution in [2.75, 3.05) is 31.6 Å².